The first-order chi connectivity index (χ1) is 22.4. The Bertz CT molecular complexity index is 1750. The number of hydrogen-bond donors (Lipinski definition) is 3. The van der Waals surface area contributed by atoms with Gasteiger partial charge in [0.15, 0.2) is 5.65 Å². The van der Waals surface area contributed by atoms with Crippen LogP contribution in [0.2, 0.25) is 0 Å². The monoisotopic (exact) mass is 637 g/mol. The van der Waals surface area contributed by atoms with Gasteiger partial charge in [-0.15, -0.1) is 10.2 Å². The van der Waals surface area contributed by atoms with Crippen LogP contribution < -0.4 is 26.0 Å². The van der Waals surface area contributed by atoms with Crippen molar-refractivity contribution in [1.82, 2.24) is 30.1 Å². The molecular formula is C36H47N9O2. The molecule has 2 aromatic carbocycles. The second-order valence-electron chi connectivity index (χ2n) is 13.5. The fourth-order valence-corrected chi connectivity index (χ4v) is 5.36. The Kier molecular flexibility index (Phi) is 10.1. The number of pyridine rings is 1. The molecule has 0 saturated heterocycles. The first kappa shape index (κ1) is 33.5. The summed E-state index contributed by atoms with van der Waals surface area (Å²) in [5.74, 6) is 1.86. The van der Waals surface area contributed by atoms with Crippen LogP contribution in [0.4, 0.5) is 16.4 Å². The number of rotatable bonds is 9. The number of allylic oxidation sites excluding steroid dienone is 1. The summed E-state index contributed by atoms with van der Waals surface area (Å²) in [5, 5.41) is 14.9. The van der Waals surface area contributed by atoms with Crippen molar-refractivity contribution in [1.29, 1.82) is 0 Å². The number of nitrogens with two attached hydrogens (primary N) is 1. The van der Waals surface area contributed by atoms with Crippen molar-refractivity contribution < 1.29 is 9.53 Å². The van der Waals surface area contributed by atoms with E-state index in [4.69, 9.17) is 15.5 Å². The van der Waals surface area contributed by atoms with Crippen LogP contribution in [0.15, 0.2) is 83.6 Å². The number of fused-ring (bicyclic) bond motifs is 2. The molecule has 0 aliphatic heterocycles. The lowest BCUT2D eigenvalue weighted by molar-refractivity contribution is 0.171. The molecule has 4 aromatic rings. The highest BCUT2D eigenvalue weighted by Gasteiger charge is 2.30. The van der Waals surface area contributed by atoms with Gasteiger partial charge in [0.25, 0.3) is 0 Å². The van der Waals surface area contributed by atoms with E-state index in [1.807, 2.05) is 93.9 Å². The van der Waals surface area contributed by atoms with Crippen LogP contribution in [0.5, 0.6) is 5.75 Å². The highest BCUT2D eigenvalue weighted by Crippen LogP contribution is 2.39. The van der Waals surface area contributed by atoms with Crippen molar-refractivity contribution in [2.24, 2.45) is 16.1 Å². The van der Waals surface area contributed by atoms with Crippen LogP contribution in [0, 0.1) is 12.3 Å². The smallest absolute Gasteiger partial charge is 0.320 e. The molecule has 0 bridgehead atoms. The number of aromatic nitrogens is 3. The van der Waals surface area contributed by atoms with Crippen LogP contribution in [0.25, 0.3) is 5.65 Å². The first-order valence-corrected chi connectivity index (χ1v) is 16.0. The molecule has 11 nitrogen and oxygen atoms in total. The van der Waals surface area contributed by atoms with Gasteiger partial charge >= 0.3 is 6.03 Å². The predicted octanol–water partition coefficient (Wildman–Crippen LogP) is 5.91. The molecule has 4 N–H and O–H groups in total. The molecule has 47 heavy (non-hydrogen) atoms. The van der Waals surface area contributed by atoms with E-state index in [1.54, 1.807) is 6.08 Å². The second-order valence-corrected chi connectivity index (χ2v) is 13.5. The van der Waals surface area contributed by atoms with Gasteiger partial charge in [-0.1, -0.05) is 62.7 Å². The van der Waals surface area contributed by atoms with Gasteiger partial charge in [-0.3, -0.25) is 9.72 Å². The van der Waals surface area contributed by atoms with Gasteiger partial charge in [0.05, 0.1) is 17.9 Å². The van der Waals surface area contributed by atoms with Gasteiger partial charge in [-0.2, -0.15) is 0 Å². The Balaban J connectivity index is 1.32. The zero-order valence-electron chi connectivity index (χ0n) is 28.5. The highest BCUT2D eigenvalue weighted by atomic mass is 16.5. The molecule has 2 amide bonds. The lowest BCUT2D eigenvalue weighted by atomic mass is 9.85. The van der Waals surface area contributed by atoms with Gasteiger partial charge < -0.3 is 25.6 Å². The number of benzene rings is 2. The number of urea groups is 1. The number of nitrogens with one attached hydrogen (secondary N) is 2. The molecule has 1 aliphatic rings. The Labute approximate surface area is 277 Å². The summed E-state index contributed by atoms with van der Waals surface area (Å²) in [6, 6.07) is 19.2. The SMILES string of the molecule is Cc1ccc(N=C(/C=C(\N)C(C)(C)C)NC(=O)N[C@H]2CC[C@@H](Oc3ccc4nnc(N(C)CCN(C)C)n4c3)c3ccccc32)cc1. The molecule has 2 heterocycles. The number of amidine groups is 1. The summed E-state index contributed by atoms with van der Waals surface area (Å²) in [7, 11) is 6.12. The average molecular weight is 638 g/mol. The molecule has 5 rings (SSSR count). The molecule has 0 fully saturated rings. The van der Waals surface area contributed by atoms with Crippen LogP contribution >= 0.6 is 0 Å². The summed E-state index contributed by atoms with van der Waals surface area (Å²) in [6.45, 7) is 9.80. The molecule has 2 atom stereocenters. The summed E-state index contributed by atoms with van der Waals surface area (Å²) in [6.07, 6.45) is 4.93. The summed E-state index contributed by atoms with van der Waals surface area (Å²) < 4.78 is 8.55. The van der Waals surface area contributed by atoms with Gasteiger partial charge in [0.2, 0.25) is 5.95 Å². The number of anilines is 1. The molecule has 2 aromatic heterocycles. The third-order valence-corrected chi connectivity index (χ3v) is 8.28. The van der Waals surface area contributed by atoms with E-state index >= 15 is 0 Å². The molecule has 1 aliphatic carbocycles. The average Bonchev–Trinajstić information content (AvgIpc) is 3.45. The Morgan fingerprint density at radius 3 is 2.45 bits per heavy atom. The molecule has 0 unspecified atom stereocenters. The predicted molar refractivity (Wildman–Crippen MR) is 188 cm³/mol. The topological polar surface area (TPSA) is 125 Å². The molecule has 0 radical (unpaired) electrons. The number of carbonyl (C=O) groups is 1. The van der Waals surface area contributed by atoms with Crippen molar-refractivity contribution in [2.45, 2.75) is 52.7 Å². The fraction of sp³-hybridized carbons (Fsp3) is 0.389. The van der Waals surface area contributed by atoms with Crippen LogP contribution in [-0.4, -0.2) is 65.6 Å². The lowest BCUT2D eigenvalue weighted by Gasteiger charge is -2.32. The van der Waals surface area contributed by atoms with Crippen LogP contribution in [-0.2, 0) is 0 Å². The van der Waals surface area contributed by atoms with Crippen LogP contribution in [0.1, 0.15) is 62.4 Å². The Morgan fingerprint density at radius 1 is 1.02 bits per heavy atom. The minimum absolute atomic E-state index is 0.177. The van der Waals surface area contributed by atoms with Gasteiger partial charge in [0, 0.05) is 37.3 Å². The summed E-state index contributed by atoms with van der Waals surface area (Å²) in [4.78, 5) is 22.3. The fourth-order valence-electron chi connectivity index (χ4n) is 5.36. The van der Waals surface area contributed by atoms with Gasteiger partial charge in [-0.25, -0.2) is 9.79 Å². The van der Waals surface area contributed by atoms with E-state index < -0.39 is 0 Å². The lowest BCUT2D eigenvalue weighted by Crippen LogP contribution is -2.42. The van der Waals surface area contributed by atoms with Crippen molar-refractivity contribution in [3.8, 4) is 5.75 Å². The number of carbonyl (C=O) groups excluding carboxylic acids is 1. The van der Waals surface area contributed by atoms with E-state index in [2.05, 4.69) is 56.9 Å². The highest BCUT2D eigenvalue weighted by molar-refractivity contribution is 6.05. The summed E-state index contributed by atoms with van der Waals surface area (Å²) >= 11 is 0. The first-order valence-electron chi connectivity index (χ1n) is 16.0. The molecule has 11 heteroatoms. The molecule has 248 valence electrons. The molecule has 0 saturated carbocycles. The standard InChI is InChI=1S/C36H47N9O2/c1-24-12-14-25(15-13-24)38-32(22-31(37)36(2,3)4)40-34(46)39-29-17-18-30(28-11-9-8-10-27(28)29)47-26-16-19-33-41-42-35(45(33)23-26)44(7)21-20-43(5)6/h8-16,19,22-23,29-30H,17-18,20-21,37H2,1-7H3,(H2,38,39,40,46)/b31-22-/t29-,30+/m0/s1. The number of nitrogens with zero attached hydrogens (tertiary/aromatic N) is 6. The van der Waals surface area contributed by atoms with Crippen molar-refractivity contribution >= 4 is 29.1 Å². The van der Waals surface area contributed by atoms with E-state index in [1.165, 1.54) is 0 Å². The second kappa shape index (κ2) is 14.3. The largest absolute Gasteiger partial charge is 0.484 e. The number of amides is 2. The number of ether oxygens (including phenoxy) is 1. The minimum atomic E-state index is -0.350. The number of hydrogen-bond acceptors (Lipinski definition) is 8. The number of aliphatic imine (C=N–C) groups is 1. The zero-order valence-corrected chi connectivity index (χ0v) is 28.5. The normalized spacial score (nSPS) is 17.0. The maximum Gasteiger partial charge on any atom is 0.320 e. The number of likely N-dealkylation sites (N-methyl/N-ethyl adjacent to an activating group) is 2. The maximum atomic E-state index is 13.4. The maximum absolute atomic E-state index is 13.4. The van der Waals surface area contributed by atoms with E-state index in [0.29, 0.717) is 18.0 Å². The van der Waals surface area contributed by atoms with Gasteiger partial charge in [-0.05, 0) is 69.3 Å². The van der Waals surface area contributed by atoms with Crippen molar-refractivity contribution in [2.75, 3.05) is 39.1 Å². The molecule has 0 spiro atoms. The van der Waals surface area contributed by atoms with Gasteiger partial charge in [0.1, 0.15) is 17.7 Å². The summed E-state index contributed by atoms with van der Waals surface area (Å²) in [5.41, 5.74) is 11.4. The Morgan fingerprint density at radius 2 is 1.74 bits per heavy atom. The minimum Gasteiger partial charge on any atom is -0.484 e. The molecular weight excluding hydrogens is 590 g/mol. The third-order valence-electron chi connectivity index (χ3n) is 8.28. The Hall–Kier alpha value is -4.90. The van der Waals surface area contributed by atoms with E-state index in [9.17, 15) is 4.79 Å². The number of aryl methyl sites for hydroxylation is 1. The zero-order chi connectivity index (χ0) is 33.7. The van der Waals surface area contributed by atoms with Crippen molar-refractivity contribution in [3.05, 3.63) is 95.3 Å². The quantitative estimate of drug-likeness (QED) is 0.154. The van der Waals surface area contributed by atoms with E-state index in [0.717, 1.165) is 59.2 Å². The van der Waals surface area contributed by atoms with Crippen molar-refractivity contribution in [3.63, 3.8) is 0 Å². The van der Waals surface area contributed by atoms with Crippen LogP contribution in [0.3, 0.4) is 0 Å². The third kappa shape index (κ3) is 8.48. The van der Waals surface area contributed by atoms with E-state index in [-0.39, 0.29) is 23.6 Å².